The zero-order chi connectivity index (χ0) is 30.3. The molecule has 2 heterocycles. The van der Waals surface area contributed by atoms with Crippen LogP contribution in [0, 0.1) is 17.7 Å². The first kappa shape index (κ1) is 30.9. The number of halogens is 1. The fourth-order valence-electron chi connectivity index (χ4n) is 5.24. The summed E-state index contributed by atoms with van der Waals surface area (Å²) in [4.78, 5) is 42.4. The van der Waals surface area contributed by atoms with Crippen LogP contribution in [-0.2, 0) is 20.7 Å². The maximum absolute atomic E-state index is 14.0. The van der Waals surface area contributed by atoms with Gasteiger partial charge in [0.1, 0.15) is 36.1 Å². The molecule has 10 heteroatoms. The van der Waals surface area contributed by atoms with Crippen LogP contribution in [0.1, 0.15) is 39.2 Å². The van der Waals surface area contributed by atoms with E-state index < -0.39 is 35.6 Å². The number of rotatable bonds is 10. The molecule has 3 atom stereocenters. The molecule has 0 N–H and O–H groups in total. The molecule has 2 saturated heterocycles. The Kier molecular flexibility index (Phi) is 10.1. The molecule has 0 unspecified atom stereocenters. The van der Waals surface area contributed by atoms with Crippen LogP contribution in [-0.4, -0.2) is 72.9 Å². The largest absolute Gasteiger partial charge is 0.497 e. The summed E-state index contributed by atoms with van der Waals surface area (Å²) in [6.45, 7) is 6.49. The minimum atomic E-state index is -0.653. The number of likely N-dealkylation sites (tertiary alicyclic amines) is 1. The van der Waals surface area contributed by atoms with Crippen molar-refractivity contribution >= 4 is 18.1 Å². The highest BCUT2D eigenvalue weighted by Crippen LogP contribution is 2.32. The molecule has 9 nitrogen and oxygen atoms in total. The summed E-state index contributed by atoms with van der Waals surface area (Å²) in [6, 6.07) is 13.3. The highest BCUT2D eigenvalue weighted by Gasteiger charge is 2.44. The lowest BCUT2D eigenvalue weighted by Gasteiger charge is -2.28. The minimum Gasteiger partial charge on any atom is -0.497 e. The van der Waals surface area contributed by atoms with Gasteiger partial charge in [0.2, 0.25) is 5.91 Å². The monoisotopic (exact) mass is 582 g/mol. The van der Waals surface area contributed by atoms with Crippen molar-refractivity contribution in [3.05, 3.63) is 72.1 Å². The Bertz CT molecular complexity index is 1280. The van der Waals surface area contributed by atoms with E-state index in [1.165, 1.54) is 24.1 Å². The van der Waals surface area contributed by atoms with Crippen LogP contribution >= 0.6 is 0 Å². The van der Waals surface area contributed by atoms with Crippen molar-refractivity contribution in [2.75, 3.05) is 33.4 Å². The number of imide groups is 1. The second-order valence-corrected chi connectivity index (χ2v) is 11.6. The van der Waals surface area contributed by atoms with E-state index >= 15 is 0 Å². The number of ether oxygens (including phenoxy) is 4. The van der Waals surface area contributed by atoms with E-state index in [1.807, 2.05) is 57.2 Å². The number of hydrogen-bond acceptors (Lipinski definition) is 7. The fraction of sp³-hybridized carbons (Fsp3) is 0.469. The van der Waals surface area contributed by atoms with E-state index in [4.69, 9.17) is 18.9 Å². The molecule has 2 fully saturated rings. The molecule has 0 spiro atoms. The number of benzene rings is 2. The number of amides is 3. The van der Waals surface area contributed by atoms with Gasteiger partial charge >= 0.3 is 12.2 Å². The zero-order valence-corrected chi connectivity index (χ0v) is 24.6. The van der Waals surface area contributed by atoms with Crippen LogP contribution in [0.2, 0.25) is 0 Å². The smallest absolute Gasteiger partial charge is 0.416 e. The van der Waals surface area contributed by atoms with E-state index in [2.05, 4.69) is 0 Å². The Labute approximate surface area is 246 Å². The summed E-state index contributed by atoms with van der Waals surface area (Å²) in [5.41, 5.74) is 0.362. The Hall–Kier alpha value is -4.08. The van der Waals surface area contributed by atoms with Crippen molar-refractivity contribution in [1.82, 2.24) is 9.80 Å². The lowest BCUT2D eigenvalue weighted by atomic mass is 9.86. The van der Waals surface area contributed by atoms with Crippen LogP contribution in [0.15, 0.2) is 60.7 Å². The normalized spacial score (nSPS) is 19.6. The number of allylic oxidation sites excluding steroid dienone is 1. The molecule has 42 heavy (non-hydrogen) atoms. The Morgan fingerprint density at radius 1 is 1.12 bits per heavy atom. The first-order chi connectivity index (χ1) is 20.0. The molecular weight excluding hydrogens is 543 g/mol. The van der Waals surface area contributed by atoms with Crippen LogP contribution in [0.25, 0.3) is 0 Å². The van der Waals surface area contributed by atoms with Gasteiger partial charge in [-0.25, -0.2) is 18.9 Å². The van der Waals surface area contributed by atoms with Crippen LogP contribution in [0.3, 0.4) is 0 Å². The van der Waals surface area contributed by atoms with Gasteiger partial charge in [-0.15, -0.1) is 0 Å². The van der Waals surface area contributed by atoms with Gasteiger partial charge in [-0.3, -0.25) is 4.79 Å². The molecule has 0 radical (unpaired) electrons. The third-order valence-corrected chi connectivity index (χ3v) is 7.26. The summed E-state index contributed by atoms with van der Waals surface area (Å²) >= 11 is 0. The van der Waals surface area contributed by atoms with Crippen molar-refractivity contribution in [2.45, 2.75) is 51.7 Å². The van der Waals surface area contributed by atoms with Gasteiger partial charge in [-0.05, 0) is 51.5 Å². The van der Waals surface area contributed by atoms with Crippen molar-refractivity contribution in [2.24, 2.45) is 11.8 Å². The number of nitrogens with zero attached hydrogens (tertiary/aromatic N) is 2. The molecule has 0 saturated carbocycles. The van der Waals surface area contributed by atoms with Gasteiger partial charge in [0, 0.05) is 37.2 Å². The number of methoxy groups -OCH3 is 1. The Morgan fingerprint density at radius 3 is 2.57 bits per heavy atom. The molecular formula is C32H39FN2O7. The minimum absolute atomic E-state index is 0.127. The van der Waals surface area contributed by atoms with Gasteiger partial charge < -0.3 is 23.8 Å². The Morgan fingerprint density at radius 2 is 1.86 bits per heavy atom. The van der Waals surface area contributed by atoms with Gasteiger partial charge in [0.05, 0.1) is 13.2 Å². The predicted molar refractivity (Wildman–Crippen MR) is 154 cm³/mol. The molecule has 0 bridgehead atoms. The summed E-state index contributed by atoms with van der Waals surface area (Å²) < 4.78 is 35.4. The first-order valence-electron chi connectivity index (χ1n) is 14.2. The van der Waals surface area contributed by atoms with Crippen molar-refractivity contribution in [3.63, 3.8) is 0 Å². The molecule has 4 rings (SSSR count). The lowest BCUT2D eigenvalue weighted by molar-refractivity contribution is -0.135. The summed E-state index contributed by atoms with van der Waals surface area (Å²) in [5.74, 6) is -0.901. The van der Waals surface area contributed by atoms with Gasteiger partial charge in [0.25, 0.3) is 0 Å². The van der Waals surface area contributed by atoms with Crippen molar-refractivity contribution < 1.29 is 37.7 Å². The van der Waals surface area contributed by atoms with E-state index in [9.17, 15) is 18.8 Å². The fourth-order valence-corrected chi connectivity index (χ4v) is 5.24. The maximum atomic E-state index is 14.0. The topological polar surface area (TPSA) is 94.6 Å². The predicted octanol–water partition coefficient (Wildman–Crippen LogP) is 5.62. The highest BCUT2D eigenvalue weighted by atomic mass is 19.1. The third kappa shape index (κ3) is 8.24. The molecule has 0 aromatic heterocycles. The zero-order valence-electron chi connectivity index (χ0n) is 24.6. The average molecular weight is 583 g/mol. The average Bonchev–Trinajstić information content (AvgIpc) is 3.57. The van der Waals surface area contributed by atoms with Crippen LogP contribution < -0.4 is 9.47 Å². The van der Waals surface area contributed by atoms with Crippen molar-refractivity contribution in [1.29, 1.82) is 0 Å². The number of carbonyl (C=O) groups excluding carboxylic acids is 3. The number of carbonyl (C=O) groups is 3. The summed E-state index contributed by atoms with van der Waals surface area (Å²) in [6.07, 6.45) is 3.90. The maximum Gasteiger partial charge on any atom is 0.416 e. The quantitative estimate of drug-likeness (QED) is 0.336. The highest BCUT2D eigenvalue weighted by molar-refractivity contribution is 5.95. The molecule has 226 valence electrons. The van der Waals surface area contributed by atoms with Gasteiger partial charge in [-0.2, -0.15) is 0 Å². The molecule has 2 aromatic rings. The molecule has 2 aliphatic rings. The second kappa shape index (κ2) is 13.7. The van der Waals surface area contributed by atoms with Gasteiger partial charge in [-0.1, -0.05) is 42.5 Å². The second-order valence-electron chi connectivity index (χ2n) is 11.6. The van der Waals surface area contributed by atoms with Crippen LogP contribution in [0.5, 0.6) is 11.5 Å². The molecule has 3 amide bonds. The number of hydrogen-bond donors (Lipinski definition) is 0. The van der Waals surface area contributed by atoms with E-state index in [1.54, 1.807) is 17.0 Å². The summed E-state index contributed by atoms with van der Waals surface area (Å²) in [7, 11) is 1.45. The van der Waals surface area contributed by atoms with E-state index in [0.29, 0.717) is 43.9 Å². The molecule has 0 aliphatic carbocycles. The van der Waals surface area contributed by atoms with E-state index in [0.717, 1.165) is 5.56 Å². The third-order valence-electron chi connectivity index (χ3n) is 7.26. The number of cyclic esters (lactones) is 1. The first-order valence-corrected chi connectivity index (χ1v) is 14.2. The summed E-state index contributed by atoms with van der Waals surface area (Å²) in [5, 5.41) is 0. The van der Waals surface area contributed by atoms with Crippen LogP contribution in [0.4, 0.5) is 14.0 Å². The van der Waals surface area contributed by atoms with Crippen molar-refractivity contribution in [3.8, 4) is 11.5 Å². The molecule has 2 aliphatic heterocycles. The van der Waals surface area contributed by atoms with Gasteiger partial charge in [0.15, 0.2) is 0 Å². The lowest BCUT2D eigenvalue weighted by Crippen LogP contribution is -2.46. The standard InChI is InChI=1S/C32H39FN2O7/c1-32(2,3)42-30(37)34-14-13-23(20-34)28(12-8-9-15-40-27-18-24(33)17-26(19-27)39-4)29(36)35-25(21-41-31(35)38)16-22-10-6-5-7-11-22/h5-11,17-19,23,25,28H,12-16,20-21H2,1-4H3/b9-8+/t23-,25-,28-/m0/s1. The molecule has 2 aromatic carbocycles. The SMILES string of the molecule is COc1cc(F)cc(OC/C=C/C[C@H](C(=O)N2C(=O)OC[C@@H]2Cc2ccccc2)[C@H]2CCN(C(=O)OC(C)(C)C)C2)c1. The Balaban J connectivity index is 1.47. The van der Waals surface area contributed by atoms with E-state index in [-0.39, 0.29) is 25.0 Å².